The third-order valence-electron chi connectivity index (χ3n) is 20.6. The van der Waals surface area contributed by atoms with Gasteiger partial charge in [-0.1, -0.05) is 276 Å². The third kappa shape index (κ3) is 36.8. The first-order chi connectivity index (χ1) is 66.6. The Labute approximate surface area is 879 Å². The van der Waals surface area contributed by atoms with Crippen LogP contribution in [0.1, 0.15) is 240 Å². The fraction of sp³-hybridized carbons (Fsp3) is 0.380. The van der Waals surface area contributed by atoms with Crippen LogP contribution in [0.3, 0.4) is 0 Å². The van der Waals surface area contributed by atoms with Gasteiger partial charge in [0.1, 0.15) is 37.9 Å². The van der Waals surface area contributed by atoms with Crippen molar-refractivity contribution in [2.24, 2.45) is 12.0 Å². The number of thioether (sulfide) groups is 3. The van der Waals surface area contributed by atoms with Crippen LogP contribution in [0.15, 0.2) is 213 Å². The standard InChI is InChI=1S/C16H21NO3S.C14H18N.C13H15NO3S2.C13H15N.C10H10N2O3S2.C10H9NS.C7H7NO3S.C7H7NOS3.C7H10O2.5C2H6.CH3/c1-4-8-15-16(2,3)13-9-5-6-10-14(13)17(15)11-7-12-21(18,19)20;1-5-8-13-14(2,3)11-9-6-7-10-12(11)15(13)4;1-2-6-13-14(9-5-10-19(15,16)17)11-7-3-4-8-12(11)18-13;1-4-7-12-13(2,3)10-8-5-6-9-11(10)14-12;1-4-5-9(14)17-8(11(5)2)6-7(13)12(3)10(15)16-6;1-2-5-10-11-8-6-3-4-7-9(8)12-10;2*1-3-5-6(10)8(4(2)9)7(11)12-5;1-4-7(5(2)8)6(3)9;5*1-2;/h4-6,8-10H,7,11-12H2,1-3H3;5-10H,1-4H3;2-4,6-8H,5,9-10H2,1H3;4-9H,1-3H3;4H,1-3H3;2-7H,1H3;2*3H,1-2H3;4H,1-3H3;5*1-2H3;1H3/q;+1;;;;;;;;;;;;;-1/b8-4+;8-5+;6-2+;7-4+;5-4+,8-6+;5-2+;2*5-3+;;;;;;;. The number of hydrogen-bond acceptors (Lipinski definition) is 25. The normalized spacial score (nSPS) is 15.7. The lowest BCUT2D eigenvalue weighted by atomic mass is 9.81. The van der Waals surface area contributed by atoms with E-state index < -0.39 is 37.3 Å². The number of carbonyl (C=O) groups excluding carboxylic acids is 8. The van der Waals surface area contributed by atoms with Gasteiger partial charge in [-0.05, 0) is 169 Å². The Balaban J connectivity index is 0.00000157. The fourth-order valence-electron chi connectivity index (χ4n) is 14.2. The van der Waals surface area contributed by atoms with Crippen LogP contribution in [0.2, 0.25) is 0 Å². The average molecular weight is 2130 g/mol. The molecule has 9 heterocycles. The highest BCUT2D eigenvalue weighted by molar-refractivity contribution is 8.27. The number of carbonyl (C=O) groups is 8. The molecule has 24 nitrogen and oxygen atoms in total. The maximum absolute atomic E-state index is 11.8. The molecule has 0 atom stereocenters. The summed E-state index contributed by atoms with van der Waals surface area (Å²) in [6.07, 6.45) is 27.8. The number of benzene rings is 5. The average Bonchev–Trinajstić information content (AvgIpc) is 1.60. The number of para-hydroxylation sites is 5. The van der Waals surface area contributed by atoms with Crippen LogP contribution in [-0.2, 0) is 78.8 Å². The lowest BCUT2D eigenvalue weighted by Gasteiger charge is -2.19. The van der Waals surface area contributed by atoms with Crippen LogP contribution < -0.4 is 19.3 Å². The van der Waals surface area contributed by atoms with Gasteiger partial charge in [0, 0.05) is 110 Å². The van der Waals surface area contributed by atoms with E-state index in [9.17, 15) is 69.1 Å². The molecule has 0 saturated carbocycles. The van der Waals surface area contributed by atoms with Crippen molar-refractivity contribution in [3.05, 3.63) is 257 Å². The minimum absolute atomic E-state index is 0. The number of thiocarbonyl (C=S) groups is 2. The van der Waals surface area contributed by atoms with E-state index in [1.54, 1.807) is 61.1 Å². The van der Waals surface area contributed by atoms with E-state index in [2.05, 4.69) is 158 Å². The van der Waals surface area contributed by atoms with E-state index in [4.69, 9.17) is 24.4 Å². The molecule has 6 amide bonds. The predicted molar refractivity (Wildman–Crippen MR) is 610 cm³/mol. The van der Waals surface area contributed by atoms with Crippen LogP contribution in [-0.4, -0.2) is 164 Å². The zero-order valence-corrected chi connectivity index (χ0v) is 96.8. The molecule has 0 spiro atoms. The first kappa shape index (κ1) is 132. The Bertz CT molecular complexity index is 6440. The molecule has 14 rings (SSSR count). The second kappa shape index (κ2) is 64.5. The molecular formula is C108H145N9O15S10. The molecule has 0 aliphatic carbocycles. The van der Waals surface area contributed by atoms with Crippen LogP contribution in [0.5, 0.6) is 0 Å². The fourth-order valence-corrected chi connectivity index (χ4v) is 22.0. The first-order valence-corrected chi connectivity index (χ1v) is 55.4. The molecule has 0 N–H and O–H groups in total. The zero-order chi connectivity index (χ0) is 108. The zero-order valence-electron chi connectivity index (χ0n) is 88.6. The molecule has 3 saturated heterocycles. The van der Waals surface area contributed by atoms with Gasteiger partial charge in [-0.15, -0.1) is 11.3 Å². The molecule has 6 aliphatic heterocycles. The number of amides is 6. The number of aryl methyl sites for hydroxylation is 1. The quantitative estimate of drug-likeness (QED) is 0.0175. The number of nitrogens with zero attached hydrogens (tertiary/aromatic N) is 9. The molecule has 8 aromatic rings. The van der Waals surface area contributed by atoms with Crippen molar-refractivity contribution in [1.82, 2.24) is 24.3 Å². The van der Waals surface area contributed by atoms with Crippen LogP contribution in [0.25, 0.3) is 43.6 Å². The summed E-state index contributed by atoms with van der Waals surface area (Å²) in [6, 6.07) is 41.3. The second-order valence-electron chi connectivity index (χ2n) is 30.9. The Morgan fingerprint density at radius 2 is 0.958 bits per heavy atom. The Hall–Kier alpha value is -10.2. The van der Waals surface area contributed by atoms with E-state index in [0.29, 0.717) is 60.0 Å². The molecular weight excluding hydrogens is 1980 g/mol. The summed E-state index contributed by atoms with van der Waals surface area (Å²) >= 11 is 17.4. The number of allylic oxidation sites excluding steroid dienone is 12. The van der Waals surface area contributed by atoms with Crippen molar-refractivity contribution in [2.45, 2.75) is 236 Å². The topological polar surface area (TPSA) is 318 Å². The number of imide groups is 4. The van der Waals surface area contributed by atoms with Crippen LogP contribution >= 0.6 is 93.7 Å². The van der Waals surface area contributed by atoms with Crippen LogP contribution in [0.4, 0.5) is 26.7 Å². The summed E-state index contributed by atoms with van der Waals surface area (Å²) in [5.74, 6) is -2.48. The molecule has 3 fully saturated rings. The van der Waals surface area contributed by atoms with Gasteiger partial charge in [0.2, 0.25) is 28.7 Å². The van der Waals surface area contributed by atoms with E-state index in [1.807, 2.05) is 213 Å². The molecule has 0 unspecified atom stereocenters. The molecule has 34 heteroatoms. The lowest BCUT2D eigenvalue weighted by molar-refractivity contribution is -0.668. The van der Waals surface area contributed by atoms with Gasteiger partial charge in [0.05, 0.1) is 68.5 Å². The number of fused-ring (bicyclic) bond motifs is 5. The van der Waals surface area contributed by atoms with Crippen molar-refractivity contribution in [2.75, 3.05) is 32.1 Å². The summed E-state index contributed by atoms with van der Waals surface area (Å²) < 4.78 is 75.8. The number of thiazole rings is 3. The molecule has 5 aromatic carbocycles. The van der Waals surface area contributed by atoms with Crippen molar-refractivity contribution < 1.29 is 78.0 Å². The highest BCUT2D eigenvalue weighted by atomic mass is 32.2. The number of ketones is 2. The molecule has 0 radical (unpaired) electrons. The summed E-state index contributed by atoms with van der Waals surface area (Å²) in [4.78, 5) is 114. The minimum Gasteiger partial charge on any atom is -0.748 e. The summed E-state index contributed by atoms with van der Waals surface area (Å²) in [5.41, 5.74) is 13.7. The molecule has 142 heavy (non-hydrogen) atoms. The van der Waals surface area contributed by atoms with E-state index >= 15 is 0 Å². The number of aromatic nitrogens is 3. The van der Waals surface area contributed by atoms with Crippen molar-refractivity contribution in [3.8, 4) is 0 Å². The second-order valence-corrected chi connectivity index (χ2v) is 41.0. The highest BCUT2D eigenvalue weighted by Gasteiger charge is 2.45. The Morgan fingerprint density at radius 3 is 1.38 bits per heavy atom. The van der Waals surface area contributed by atoms with E-state index in [-0.39, 0.29) is 74.1 Å². The maximum atomic E-state index is 11.8. The van der Waals surface area contributed by atoms with Gasteiger partial charge < -0.3 is 21.1 Å². The van der Waals surface area contributed by atoms with E-state index in [1.165, 1.54) is 96.3 Å². The van der Waals surface area contributed by atoms with Crippen molar-refractivity contribution >= 4 is 247 Å². The van der Waals surface area contributed by atoms with Gasteiger partial charge >= 0.3 is 0 Å². The SMILES string of the molecule is C/C=C/C1=Nc2ccccc2C1(C)C.C/C=C/C1=[N+](C)c2ccccc2C1(C)C.C/C=C/C1=[N+](CCCS(=O)(=O)[O-])c2ccccc2C1(C)C.C/C=C/c1nc2ccccc2s1.C/C=C/c1sc2ccccc2[n+]1CCCS(=O)(=O)[O-].C/C=C1/SC(=O)N(C(C)=O)C1=O.C/C=C1/SC(=S)N(C(C)=O)C1=S.C/C=c1\c(=O)s/c(=C2/SC(=O)N(C)C2=O)n1C.CC.CC.CC.CC.CC.CC=C(C(C)=O)C(C)=O.[CH3-]. The number of hydrogen-bond donors (Lipinski definition) is 0. The smallest absolute Gasteiger partial charge is 0.300 e. The number of rotatable bonds is 15. The predicted octanol–water partition coefficient (Wildman–Crippen LogP) is 24.6. The van der Waals surface area contributed by atoms with Crippen molar-refractivity contribution in [1.29, 1.82) is 0 Å². The van der Waals surface area contributed by atoms with Gasteiger partial charge in [-0.2, -0.15) is 13.7 Å². The maximum Gasteiger partial charge on any atom is 0.300 e. The number of Topliss-reactive ketones (excluding diaryl/α,β-unsaturated/α-hetero) is 2. The molecule has 772 valence electrons. The lowest BCUT2D eigenvalue weighted by Crippen LogP contribution is -2.35. The summed E-state index contributed by atoms with van der Waals surface area (Å²) in [7, 11) is -3.00. The Morgan fingerprint density at radius 1 is 0.493 bits per heavy atom. The van der Waals surface area contributed by atoms with Gasteiger partial charge in [0.25, 0.3) is 32.0 Å². The summed E-state index contributed by atoms with van der Waals surface area (Å²) in [6.45, 7) is 56.8. The molecule has 6 aliphatic rings. The Kier molecular flexibility index (Phi) is 59.9. The van der Waals surface area contributed by atoms with Crippen LogP contribution in [0, 0.1) is 7.43 Å². The van der Waals surface area contributed by atoms with Gasteiger partial charge in [-0.25, -0.2) is 26.7 Å². The highest BCUT2D eigenvalue weighted by Crippen LogP contribution is 2.43. The first-order valence-electron chi connectivity index (χ1n) is 46.6. The summed E-state index contributed by atoms with van der Waals surface area (Å²) in [5, 5.41) is 1.85. The van der Waals surface area contributed by atoms with Gasteiger partial charge in [0.15, 0.2) is 33.9 Å². The minimum atomic E-state index is -4.16. The van der Waals surface area contributed by atoms with Gasteiger partial charge in [-0.3, -0.25) is 57.9 Å². The monoisotopic (exact) mass is 2130 g/mol. The molecule has 3 aromatic heterocycles. The largest absolute Gasteiger partial charge is 0.748 e. The molecule has 0 bridgehead atoms. The van der Waals surface area contributed by atoms with E-state index in [0.717, 1.165) is 93.2 Å². The third-order valence-corrected chi connectivity index (χ3v) is 29.5. The van der Waals surface area contributed by atoms with Crippen molar-refractivity contribution in [3.63, 3.8) is 0 Å². The number of aliphatic imine (C=N–C) groups is 1.